The molecular formula is C6H12BrClN2O2. The van der Waals surface area contributed by atoms with Crippen molar-refractivity contribution in [1.29, 1.82) is 0 Å². The summed E-state index contributed by atoms with van der Waals surface area (Å²) in [6, 6.07) is 0. The van der Waals surface area contributed by atoms with Crippen LogP contribution in [0.1, 0.15) is 0 Å². The van der Waals surface area contributed by atoms with Crippen molar-refractivity contribution in [3.8, 4) is 0 Å². The van der Waals surface area contributed by atoms with Crippen molar-refractivity contribution >= 4 is 39.3 Å². The number of nitrogens with one attached hydrogen (secondary N) is 2. The van der Waals surface area contributed by atoms with Crippen LogP contribution in [0.15, 0.2) is 0 Å². The third-order valence-electron chi connectivity index (χ3n) is 0.800. The van der Waals surface area contributed by atoms with Gasteiger partial charge in [-0.05, 0) is 0 Å². The van der Waals surface area contributed by atoms with Gasteiger partial charge in [0.05, 0.1) is 5.33 Å². The number of hydrogen-bond donors (Lipinski definition) is 2. The maximum absolute atomic E-state index is 10.0. The van der Waals surface area contributed by atoms with E-state index >= 15 is 0 Å². The molecule has 0 aromatic heterocycles. The molecule has 0 unspecified atom stereocenters. The summed E-state index contributed by atoms with van der Waals surface area (Å²) < 4.78 is 0. The molecule has 0 heterocycles. The molecular weight excluding hydrogens is 247 g/mol. The Morgan fingerprint density at radius 1 is 1.25 bits per heavy atom. The Morgan fingerprint density at radius 2 is 1.67 bits per heavy atom. The minimum Gasteiger partial charge on any atom is -0.358 e. The molecule has 0 saturated carbocycles. The van der Waals surface area contributed by atoms with E-state index in [2.05, 4.69) is 26.6 Å². The summed E-state index contributed by atoms with van der Waals surface area (Å²) in [5.74, 6) is -0.0806. The number of alkyl halides is 2. The topological polar surface area (TPSA) is 58.2 Å². The van der Waals surface area contributed by atoms with Crippen LogP contribution in [-0.2, 0) is 9.59 Å². The van der Waals surface area contributed by atoms with Gasteiger partial charge in [0.2, 0.25) is 11.8 Å². The Balaban J connectivity index is 0. The second kappa shape index (κ2) is 10.7. The lowest BCUT2D eigenvalue weighted by molar-refractivity contribution is -0.118. The molecule has 0 bridgehead atoms. The standard InChI is InChI=1S/C3H6BrNO.C3H6ClNO/c2*1-5-3(6)2-4/h2*2H2,1H3,(H,5,6). The predicted octanol–water partition coefficient (Wildman–Crippen LogP) is 0.0985. The van der Waals surface area contributed by atoms with E-state index in [9.17, 15) is 9.59 Å². The summed E-state index contributed by atoms with van der Waals surface area (Å²) in [6.45, 7) is 0. The smallest absolute Gasteiger partial charge is 0.234 e. The number of carbonyl (C=O) groups excluding carboxylic acids is 2. The highest BCUT2D eigenvalue weighted by molar-refractivity contribution is 9.09. The number of rotatable bonds is 2. The minimum atomic E-state index is -0.142. The number of hydrogen-bond acceptors (Lipinski definition) is 2. The summed E-state index contributed by atoms with van der Waals surface area (Å²) in [7, 11) is 3.15. The molecule has 0 radical (unpaired) electrons. The SMILES string of the molecule is CNC(=O)CBr.CNC(=O)CCl. The Bertz CT molecular complexity index is 116. The highest BCUT2D eigenvalue weighted by Crippen LogP contribution is 1.74. The second-order valence-corrected chi connectivity index (χ2v) is 2.44. The van der Waals surface area contributed by atoms with Crippen molar-refractivity contribution < 1.29 is 9.59 Å². The summed E-state index contributed by atoms with van der Waals surface area (Å²) in [5, 5.41) is 5.16. The molecule has 0 fully saturated rings. The van der Waals surface area contributed by atoms with Gasteiger partial charge in [0.15, 0.2) is 0 Å². The monoisotopic (exact) mass is 258 g/mol. The summed E-state index contributed by atoms with van der Waals surface area (Å²) in [6.07, 6.45) is 0. The molecule has 0 rings (SSSR count). The van der Waals surface area contributed by atoms with Crippen LogP contribution in [0.4, 0.5) is 0 Å². The molecule has 0 aliphatic heterocycles. The van der Waals surface area contributed by atoms with Crippen molar-refractivity contribution in [2.45, 2.75) is 0 Å². The van der Waals surface area contributed by atoms with E-state index in [1.54, 1.807) is 14.1 Å². The normalized spacial score (nSPS) is 7.67. The Hall–Kier alpha value is -0.290. The van der Waals surface area contributed by atoms with Crippen LogP contribution < -0.4 is 10.6 Å². The van der Waals surface area contributed by atoms with Gasteiger partial charge in [-0.2, -0.15) is 0 Å². The first-order valence-electron chi connectivity index (χ1n) is 3.15. The zero-order valence-corrected chi connectivity index (χ0v) is 9.33. The van der Waals surface area contributed by atoms with Crippen LogP contribution in [0.2, 0.25) is 0 Å². The van der Waals surface area contributed by atoms with Gasteiger partial charge >= 0.3 is 0 Å². The van der Waals surface area contributed by atoms with Crippen molar-refractivity contribution in [3.05, 3.63) is 0 Å². The van der Waals surface area contributed by atoms with E-state index in [0.29, 0.717) is 5.33 Å². The molecule has 2 N–H and O–H groups in total. The lowest BCUT2D eigenvalue weighted by Crippen LogP contribution is -2.18. The molecule has 4 nitrogen and oxygen atoms in total. The van der Waals surface area contributed by atoms with Crippen LogP contribution in [0, 0.1) is 0 Å². The van der Waals surface area contributed by atoms with Crippen LogP contribution in [0.3, 0.4) is 0 Å². The Kier molecular flexibility index (Phi) is 12.7. The molecule has 0 aromatic carbocycles. The van der Waals surface area contributed by atoms with Gasteiger partial charge in [-0.15, -0.1) is 11.6 Å². The third kappa shape index (κ3) is 12.4. The van der Waals surface area contributed by atoms with E-state index in [-0.39, 0.29) is 17.7 Å². The largest absolute Gasteiger partial charge is 0.358 e. The molecule has 0 spiro atoms. The molecule has 0 aliphatic rings. The molecule has 0 aromatic rings. The Morgan fingerprint density at radius 3 is 1.67 bits per heavy atom. The quantitative estimate of drug-likeness (QED) is 0.691. The van der Waals surface area contributed by atoms with Crippen molar-refractivity contribution in [1.82, 2.24) is 10.6 Å². The average Bonchev–Trinajstić information content (AvgIpc) is 2.16. The van der Waals surface area contributed by atoms with Gasteiger partial charge in [-0.3, -0.25) is 9.59 Å². The van der Waals surface area contributed by atoms with Gasteiger partial charge in [0.25, 0.3) is 0 Å². The van der Waals surface area contributed by atoms with Gasteiger partial charge in [-0.1, -0.05) is 15.9 Å². The highest BCUT2D eigenvalue weighted by Gasteiger charge is 1.87. The van der Waals surface area contributed by atoms with Gasteiger partial charge in [0.1, 0.15) is 5.88 Å². The third-order valence-corrected chi connectivity index (χ3v) is 1.55. The van der Waals surface area contributed by atoms with Crippen LogP contribution in [0.5, 0.6) is 0 Å². The zero-order valence-electron chi connectivity index (χ0n) is 6.99. The first kappa shape index (κ1) is 14.2. The van der Waals surface area contributed by atoms with Crippen LogP contribution >= 0.6 is 27.5 Å². The fourth-order valence-electron chi connectivity index (χ4n) is 0.134. The first-order valence-corrected chi connectivity index (χ1v) is 4.81. The van der Waals surface area contributed by atoms with Crippen molar-refractivity contribution in [2.24, 2.45) is 0 Å². The van der Waals surface area contributed by atoms with Gasteiger partial charge in [0, 0.05) is 14.1 Å². The maximum Gasteiger partial charge on any atom is 0.234 e. The number of carbonyl (C=O) groups is 2. The minimum absolute atomic E-state index is 0.00926. The molecule has 72 valence electrons. The maximum atomic E-state index is 10.0. The predicted molar refractivity (Wildman–Crippen MR) is 52.6 cm³/mol. The lowest BCUT2D eigenvalue weighted by atomic mass is 10.7. The number of amides is 2. The molecule has 2 amide bonds. The van der Waals surface area contributed by atoms with E-state index in [1.807, 2.05) is 0 Å². The molecule has 0 atom stereocenters. The molecule has 0 aliphatic carbocycles. The number of halogens is 2. The molecule has 12 heavy (non-hydrogen) atoms. The lowest BCUT2D eigenvalue weighted by Gasteiger charge is -1.85. The van der Waals surface area contributed by atoms with Crippen molar-refractivity contribution in [3.63, 3.8) is 0 Å². The van der Waals surface area contributed by atoms with Gasteiger partial charge in [-0.25, -0.2) is 0 Å². The highest BCUT2D eigenvalue weighted by atomic mass is 79.9. The zero-order chi connectivity index (χ0) is 9.98. The van der Waals surface area contributed by atoms with E-state index < -0.39 is 0 Å². The van der Waals surface area contributed by atoms with Crippen LogP contribution in [0.25, 0.3) is 0 Å². The fraction of sp³-hybridized carbons (Fsp3) is 0.667. The summed E-state index contributed by atoms with van der Waals surface area (Å²) in [4.78, 5) is 20.0. The summed E-state index contributed by atoms with van der Waals surface area (Å²) in [5.41, 5.74) is 0. The van der Waals surface area contributed by atoms with E-state index in [1.165, 1.54) is 0 Å². The van der Waals surface area contributed by atoms with E-state index in [4.69, 9.17) is 11.6 Å². The van der Waals surface area contributed by atoms with E-state index in [0.717, 1.165) is 0 Å². The summed E-state index contributed by atoms with van der Waals surface area (Å²) >= 11 is 8.00. The molecule has 0 saturated heterocycles. The first-order chi connectivity index (χ1) is 5.62. The average molecular weight is 260 g/mol. The Labute approximate surface area is 85.2 Å². The fourth-order valence-corrected chi connectivity index (χ4v) is 0.548. The van der Waals surface area contributed by atoms with Crippen molar-refractivity contribution in [2.75, 3.05) is 25.3 Å². The molecule has 6 heteroatoms. The van der Waals surface area contributed by atoms with Gasteiger partial charge < -0.3 is 10.6 Å². The second-order valence-electron chi connectivity index (χ2n) is 1.61. The van der Waals surface area contributed by atoms with Crippen LogP contribution in [-0.4, -0.2) is 37.1 Å².